The summed E-state index contributed by atoms with van der Waals surface area (Å²) in [4.78, 5) is 11.6. The van der Waals surface area contributed by atoms with Crippen molar-refractivity contribution in [2.75, 3.05) is 32.8 Å². The maximum Gasteiger partial charge on any atom is 0.314 e. The van der Waals surface area contributed by atoms with E-state index < -0.39 is 0 Å². The Morgan fingerprint density at radius 1 is 1.24 bits per heavy atom. The summed E-state index contributed by atoms with van der Waals surface area (Å²) in [6.45, 7) is 3.68. The van der Waals surface area contributed by atoms with E-state index in [4.69, 9.17) is 4.74 Å². The summed E-state index contributed by atoms with van der Waals surface area (Å²) >= 11 is 0. The number of hydrogen-bond acceptors (Lipinski definition) is 3. The third kappa shape index (κ3) is 6.60. The van der Waals surface area contributed by atoms with Crippen LogP contribution in [0.4, 0.5) is 4.79 Å². The van der Waals surface area contributed by atoms with E-state index in [0.717, 1.165) is 32.4 Å². The number of carbonyl (C=O) groups excluding carboxylic acids is 1. The van der Waals surface area contributed by atoms with Crippen molar-refractivity contribution in [1.29, 1.82) is 0 Å². The number of rotatable bonds is 7. The van der Waals surface area contributed by atoms with E-state index in [-0.39, 0.29) is 12.1 Å². The van der Waals surface area contributed by atoms with E-state index in [2.05, 4.69) is 40.2 Å². The fourth-order valence-electron chi connectivity index (χ4n) is 2.32. The Balaban J connectivity index is 1.47. The molecule has 1 atom stereocenters. The molecule has 0 unspecified atom stereocenters. The first-order valence-electron chi connectivity index (χ1n) is 7.72. The number of aryl methyl sites for hydroxylation is 1. The molecule has 0 aliphatic carbocycles. The van der Waals surface area contributed by atoms with Gasteiger partial charge < -0.3 is 20.7 Å². The highest BCUT2D eigenvalue weighted by Crippen LogP contribution is 2.03. The Hall–Kier alpha value is -1.59. The van der Waals surface area contributed by atoms with Gasteiger partial charge in [0.25, 0.3) is 0 Å². The van der Waals surface area contributed by atoms with E-state index in [0.29, 0.717) is 19.7 Å². The summed E-state index contributed by atoms with van der Waals surface area (Å²) in [5, 5.41) is 8.97. The van der Waals surface area contributed by atoms with Gasteiger partial charge in [0.05, 0.1) is 12.7 Å². The van der Waals surface area contributed by atoms with Crippen molar-refractivity contribution in [3.8, 4) is 0 Å². The number of morpholine rings is 1. The largest absolute Gasteiger partial charge is 0.374 e. The molecular weight excluding hydrogens is 266 g/mol. The lowest BCUT2D eigenvalue weighted by molar-refractivity contribution is 0.0307. The molecule has 1 heterocycles. The molecule has 0 radical (unpaired) electrons. The summed E-state index contributed by atoms with van der Waals surface area (Å²) in [5.41, 5.74) is 1.35. The van der Waals surface area contributed by atoms with Crippen molar-refractivity contribution in [1.82, 2.24) is 16.0 Å². The number of unbranched alkanes of at least 4 members (excludes halogenated alkanes) is 1. The number of hydrogen-bond donors (Lipinski definition) is 3. The highest BCUT2D eigenvalue weighted by Gasteiger charge is 2.13. The normalized spacial score (nSPS) is 18.2. The Bertz CT molecular complexity index is 405. The smallest absolute Gasteiger partial charge is 0.314 e. The molecule has 1 aromatic carbocycles. The van der Waals surface area contributed by atoms with Crippen molar-refractivity contribution in [3.05, 3.63) is 35.9 Å². The van der Waals surface area contributed by atoms with Crippen molar-refractivity contribution >= 4 is 6.03 Å². The highest BCUT2D eigenvalue weighted by atomic mass is 16.5. The average molecular weight is 291 g/mol. The van der Waals surface area contributed by atoms with Gasteiger partial charge in [0.15, 0.2) is 0 Å². The van der Waals surface area contributed by atoms with Crippen LogP contribution in [0.25, 0.3) is 0 Å². The zero-order valence-corrected chi connectivity index (χ0v) is 12.4. The topological polar surface area (TPSA) is 62.4 Å². The number of carbonyl (C=O) groups is 1. The molecular formula is C16H25N3O2. The van der Waals surface area contributed by atoms with Gasteiger partial charge in [-0.3, -0.25) is 0 Å². The Morgan fingerprint density at radius 3 is 2.86 bits per heavy atom. The standard InChI is InChI=1S/C16H25N3O2/c20-16(19-13-15-12-17-10-11-21-15)18-9-5-4-8-14-6-2-1-3-7-14/h1-3,6-7,15,17H,4-5,8-13H2,(H2,18,19,20)/t15-/m0/s1. The molecule has 2 rings (SSSR count). The molecule has 5 heteroatoms. The van der Waals surface area contributed by atoms with Crippen LogP contribution in [0.2, 0.25) is 0 Å². The van der Waals surface area contributed by atoms with Crippen molar-refractivity contribution < 1.29 is 9.53 Å². The van der Waals surface area contributed by atoms with Crippen LogP contribution in [0.5, 0.6) is 0 Å². The Labute approximate surface area is 126 Å². The number of urea groups is 1. The van der Waals surface area contributed by atoms with Crippen LogP contribution in [-0.4, -0.2) is 44.9 Å². The lowest BCUT2D eigenvalue weighted by Gasteiger charge is -2.23. The molecule has 1 saturated heterocycles. The maximum atomic E-state index is 11.6. The summed E-state index contributed by atoms with van der Waals surface area (Å²) in [7, 11) is 0. The monoisotopic (exact) mass is 291 g/mol. The van der Waals surface area contributed by atoms with Gasteiger partial charge in [-0.05, 0) is 24.8 Å². The second-order valence-corrected chi connectivity index (χ2v) is 5.28. The quantitative estimate of drug-likeness (QED) is 0.664. The van der Waals surface area contributed by atoms with Crippen molar-refractivity contribution in [2.45, 2.75) is 25.4 Å². The van der Waals surface area contributed by atoms with Gasteiger partial charge in [-0.1, -0.05) is 30.3 Å². The van der Waals surface area contributed by atoms with Gasteiger partial charge in [-0.25, -0.2) is 4.79 Å². The van der Waals surface area contributed by atoms with Crippen LogP contribution in [0.3, 0.4) is 0 Å². The van der Waals surface area contributed by atoms with E-state index in [1.807, 2.05) is 6.07 Å². The zero-order chi connectivity index (χ0) is 14.8. The molecule has 1 aromatic rings. The molecule has 116 valence electrons. The van der Waals surface area contributed by atoms with Crippen LogP contribution in [-0.2, 0) is 11.2 Å². The fourth-order valence-corrected chi connectivity index (χ4v) is 2.32. The van der Waals surface area contributed by atoms with Crippen LogP contribution in [0, 0.1) is 0 Å². The molecule has 0 spiro atoms. The maximum absolute atomic E-state index is 11.6. The van der Waals surface area contributed by atoms with Gasteiger partial charge in [0.2, 0.25) is 0 Å². The van der Waals surface area contributed by atoms with Gasteiger partial charge in [0, 0.05) is 26.2 Å². The highest BCUT2D eigenvalue weighted by molar-refractivity contribution is 5.73. The van der Waals surface area contributed by atoms with Crippen molar-refractivity contribution in [2.24, 2.45) is 0 Å². The molecule has 1 aliphatic rings. The molecule has 3 N–H and O–H groups in total. The average Bonchev–Trinajstić information content (AvgIpc) is 2.54. The Kier molecular flexibility index (Phi) is 7.04. The second-order valence-electron chi connectivity index (χ2n) is 5.28. The lowest BCUT2D eigenvalue weighted by atomic mass is 10.1. The Morgan fingerprint density at radius 2 is 2.10 bits per heavy atom. The zero-order valence-electron chi connectivity index (χ0n) is 12.4. The van der Waals surface area contributed by atoms with Crippen LogP contribution in [0.15, 0.2) is 30.3 Å². The third-order valence-electron chi connectivity index (χ3n) is 3.52. The predicted octanol–water partition coefficient (Wildman–Crippen LogP) is 1.30. The first-order chi connectivity index (χ1) is 10.3. The van der Waals surface area contributed by atoms with Gasteiger partial charge >= 0.3 is 6.03 Å². The summed E-state index contributed by atoms with van der Waals surface area (Å²) in [6.07, 6.45) is 3.22. The minimum Gasteiger partial charge on any atom is -0.374 e. The molecule has 1 aliphatic heterocycles. The minimum absolute atomic E-state index is 0.0857. The molecule has 1 fully saturated rings. The summed E-state index contributed by atoms with van der Waals surface area (Å²) in [5.74, 6) is 0. The van der Waals surface area contributed by atoms with Gasteiger partial charge in [-0.2, -0.15) is 0 Å². The first-order valence-corrected chi connectivity index (χ1v) is 7.72. The summed E-state index contributed by atoms with van der Waals surface area (Å²) < 4.78 is 5.52. The predicted molar refractivity (Wildman–Crippen MR) is 83.4 cm³/mol. The van der Waals surface area contributed by atoms with Crippen LogP contribution >= 0.6 is 0 Å². The van der Waals surface area contributed by atoms with E-state index in [1.54, 1.807) is 0 Å². The second kappa shape index (κ2) is 9.37. The number of amides is 2. The van der Waals surface area contributed by atoms with E-state index in [9.17, 15) is 4.79 Å². The number of benzene rings is 1. The van der Waals surface area contributed by atoms with Crippen LogP contribution < -0.4 is 16.0 Å². The number of ether oxygens (including phenoxy) is 1. The van der Waals surface area contributed by atoms with E-state index >= 15 is 0 Å². The number of nitrogens with one attached hydrogen (secondary N) is 3. The molecule has 0 aromatic heterocycles. The van der Waals surface area contributed by atoms with Gasteiger partial charge in [-0.15, -0.1) is 0 Å². The lowest BCUT2D eigenvalue weighted by Crippen LogP contribution is -2.47. The first kappa shape index (κ1) is 15.8. The van der Waals surface area contributed by atoms with Gasteiger partial charge in [0.1, 0.15) is 0 Å². The summed E-state index contributed by atoms with van der Waals surface area (Å²) in [6, 6.07) is 10.3. The van der Waals surface area contributed by atoms with Crippen LogP contribution in [0.1, 0.15) is 18.4 Å². The minimum atomic E-state index is -0.108. The van der Waals surface area contributed by atoms with Crippen molar-refractivity contribution in [3.63, 3.8) is 0 Å². The SMILES string of the molecule is O=C(NCCCCc1ccccc1)NC[C@@H]1CNCCO1. The molecule has 0 saturated carbocycles. The fraction of sp³-hybridized carbons (Fsp3) is 0.562. The molecule has 0 bridgehead atoms. The molecule has 2 amide bonds. The molecule has 5 nitrogen and oxygen atoms in total. The molecule has 21 heavy (non-hydrogen) atoms. The van der Waals surface area contributed by atoms with E-state index in [1.165, 1.54) is 5.56 Å². The third-order valence-corrected chi connectivity index (χ3v) is 3.52.